The van der Waals surface area contributed by atoms with E-state index >= 15 is 0 Å². The Hall–Kier alpha value is -1.43. The molecule has 2 rings (SSSR count). The fraction of sp³-hybridized carbons (Fsp3) is 0.600. The molecule has 1 aliphatic heterocycles. The highest BCUT2D eigenvalue weighted by atomic mass is 19.4. The van der Waals surface area contributed by atoms with Crippen molar-refractivity contribution in [2.24, 2.45) is 11.8 Å². The van der Waals surface area contributed by atoms with E-state index in [1.807, 2.05) is 0 Å². The molecule has 0 radical (unpaired) electrons. The third-order valence-corrected chi connectivity index (χ3v) is 4.22. The van der Waals surface area contributed by atoms with E-state index in [2.05, 4.69) is 23.7 Å². The van der Waals surface area contributed by atoms with Crippen molar-refractivity contribution in [2.75, 3.05) is 13.1 Å². The molecule has 0 spiro atoms. The van der Waals surface area contributed by atoms with Crippen LogP contribution in [0.25, 0.3) is 0 Å². The summed E-state index contributed by atoms with van der Waals surface area (Å²) < 4.78 is 38.7. The lowest BCUT2D eigenvalue weighted by molar-refractivity contribution is -0.138. The van der Waals surface area contributed by atoms with E-state index < -0.39 is 17.4 Å². The van der Waals surface area contributed by atoms with Gasteiger partial charge in [0.1, 0.15) is 5.69 Å². The number of rotatable bonds is 3. The molecule has 2 atom stereocenters. The van der Waals surface area contributed by atoms with Crippen molar-refractivity contribution in [2.45, 2.75) is 33.0 Å². The van der Waals surface area contributed by atoms with Gasteiger partial charge in [-0.15, -0.1) is 0 Å². The minimum atomic E-state index is -4.55. The average molecular weight is 300 g/mol. The van der Waals surface area contributed by atoms with Gasteiger partial charge in [0.15, 0.2) is 6.29 Å². The molecule has 6 heteroatoms. The van der Waals surface area contributed by atoms with Gasteiger partial charge in [-0.25, -0.2) is 0 Å². The van der Waals surface area contributed by atoms with Gasteiger partial charge in [0.05, 0.1) is 5.56 Å². The predicted molar refractivity (Wildman–Crippen MR) is 72.8 cm³/mol. The normalized spacial score (nSPS) is 24.0. The first kappa shape index (κ1) is 15.9. The average Bonchev–Trinajstić information content (AvgIpc) is 2.42. The second-order valence-corrected chi connectivity index (χ2v) is 5.87. The molecule has 116 valence electrons. The highest BCUT2D eigenvalue weighted by Crippen LogP contribution is 2.32. The Balaban J connectivity index is 2.16. The van der Waals surface area contributed by atoms with Crippen LogP contribution in [0.4, 0.5) is 13.2 Å². The van der Waals surface area contributed by atoms with Crippen LogP contribution in [-0.2, 0) is 12.7 Å². The molecule has 2 heterocycles. The van der Waals surface area contributed by atoms with E-state index in [0.717, 1.165) is 25.6 Å². The van der Waals surface area contributed by atoms with Gasteiger partial charge >= 0.3 is 6.18 Å². The number of hydrogen-bond donors (Lipinski definition) is 0. The molecule has 0 bridgehead atoms. The molecular weight excluding hydrogens is 281 g/mol. The summed E-state index contributed by atoms with van der Waals surface area (Å²) >= 11 is 0. The maximum absolute atomic E-state index is 12.9. The van der Waals surface area contributed by atoms with Gasteiger partial charge in [-0.1, -0.05) is 13.8 Å². The van der Waals surface area contributed by atoms with Crippen LogP contribution in [-0.4, -0.2) is 29.3 Å². The summed E-state index contributed by atoms with van der Waals surface area (Å²) in [6.07, 6.45) is -1.99. The Kier molecular flexibility index (Phi) is 4.66. The van der Waals surface area contributed by atoms with Crippen LogP contribution in [0.2, 0.25) is 0 Å². The van der Waals surface area contributed by atoms with Crippen LogP contribution < -0.4 is 0 Å². The zero-order valence-corrected chi connectivity index (χ0v) is 12.2. The number of halogens is 3. The van der Waals surface area contributed by atoms with Crippen LogP contribution in [0.15, 0.2) is 12.3 Å². The largest absolute Gasteiger partial charge is 0.418 e. The van der Waals surface area contributed by atoms with Crippen molar-refractivity contribution in [3.63, 3.8) is 0 Å². The van der Waals surface area contributed by atoms with Crippen molar-refractivity contribution in [3.05, 3.63) is 29.1 Å². The summed E-state index contributed by atoms with van der Waals surface area (Å²) in [5.41, 5.74) is -1.00. The summed E-state index contributed by atoms with van der Waals surface area (Å²) in [6.45, 7) is 6.54. The topological polar surface area (TPSA) is 33.2 Å². The SMILES string of the molecule is CC1CCN(Cc2cnc(C=O)c(C(F)(F)F)c2)C[C@H]1C. The smallest absolute Gasteiger partial charge is 0.299 e. The minimum absolute atomic E-state index is 0.150. The van der Waals surface area contributed by atoms with Gasteiger partial charge in [-0.3, -0.25) is 14.7 Å². The Bertz CT molecular complexity index is 516. The molecule has 1 saturated heterocycles. The fourth-order valence-corrected chi connectivity index (χ4v) is 2.68. The molecule has 0 aliphatic carbocycles. The van der Waals surface area contributed by atoms with Crippen LogP contribution in [0.5, 0.6) is 0 Å². The van der Waals surface area contributed by atoms with E-state index in [-0.39, 0.29) is 6.29 Å². The van der Waals surface area contributed by atoms with E-state index in [1.165, 1.54) is 6.20 Å². The van der Waals surface area contributed by atoms with Gasteiger partial charge in [-0.2, -0.15) is 13.2 Å². The predicted octanol–water partition coefficient (Wildman–Crippen LogP) is 3.39. The second-order valence-electron chi connectivity index (χ2n) is 5.87. The molecule has 1 unspecified atom stereocenters. The summed E-state index contributed by atoms with van der Waals surface area (Å²) in [5, 5.41) is 0. The van der Waals surface area contributed by atoms with E-state index in [0.29, 0.717) is 23.9 Å². The minimum Gasteiger partial charge on any atom is -0.299 e. The number of alkyl halides is 3. The van der Waals surface area contributed by atoms with Crippen molar-refractivity contribution < 1.29 is 18.0 Å². The summed E-state index contributed by atoms with van der Waals surface area (Å²) in [5.74, 6) is 1.17. The van der Waals surface area contributed by atoms with Crippen molar-refractivity contribution in [1.29, 1.82) is 0 Å². The third-order valence-electron chi connectivity index (χ3n) is 4.22. The maximum Gasteiger partial charge on any atom is 0.418 e. The molecule has 1 aromatic rings. The van der Waals surface area contributed by atoms with Crippen molar-refractivity contribution >= 4 is 6.29 Å². The third kappa shape index (κ3) is 3.81. The molecule has 0 amide bonds. The molecular formula is C15H19F3N2O. The molecule has 0 aromatic carbocycles. The number of likely N-dealkylation sites (tertiary alicyclic amines) is 1. The molecule has 1 aliphatic rings. The van der Waals surface area contributed by atoms with E-state index in [9.17, 15) is 18.0 Å². The first-order valence-electron chi connectivity index (χ1n) is 7.05. The van der Waals surface area contributed by atoms with Gasteiger partial charge in [0.2, 0.25) is 0 Å². The molecule has 21 heavy (non-hydrogen) atoms. The highest BCUT2D eigenvalue weighted by Gasteiger charge is 2.34. The molecule has 1 aromatic heterocycles. The van der Waals surface area contributed by atoms with Gasteiger partial charge in [0.25, 0.3) is 0 Å². The standard InChI is InChI=1S/C15H19F3N2O/c1-10-3-4-20(7-11(10)2)8-12-5-13(15(16,17)18)14(9-21)19-6-12/h5-6,9-11H,3-4,7-8H2,1-2H3/t10?,11-/m1/s1. The zero-order chi connectivity index (χ0) is 15.6. The van der Waals surface area contributed by atoms with Crippen molar-refractivity contribution in [3.8, 4) is 0 Å². The number of carbonyl (C=O) groups excluding carboxylic acids is 1. The Morgan fingerprint density at radius 2 is 2.10 bits per heavy atom. The summed E-state index contributed by atoms with van der Waals surface area (Å²) in [4.78, 5) is 16.5. The number of nitrogens with zero attached hydrogens (tertiary/aromatic N) is 2. The number of hydrogen-bond acceptors (Lipinski definition) is 3. The lowest BCUT2D eigenvalue weighted by Gasteiger charge is -2.35. The Labute approximate surface area is 122 Å². The van der Waals surface area contributed by atoms with Crippen molar-refractivity contribution in [1.82, 2.24) is 9.88 Å². The number of piperidine rings is 1. The number of pyridine rings is 1. The second kappa shape index (κ2) is 6.13. The van der Waals surface area contributed by atoms with E-state index in [1.54, 1.807) is 0 Å². The van der Waals surface area contributed by atoms with Crippen LogP contribution in [0, 0.1) is 11.8 Å². The van der Waals surface area contributed by atoms with Crippen LogP contribution >= 0.6 is 0 Å². The quantitative estimate of drug-likeness (QED) is 0.802. The van der Waals surface area contributed by atoms with Crippen LogP contribution in [0.1, 0.15) is 41.9 Å². The maximum atomic E-state index is 12.9. The molecule has 1 fully saturated rings. The first-order valence-corrected chi connectivity index (χ1v) is 7.05. The highest BCUT2D eigenvalue weighted by molar-refractivity contribution is 5.74. The summed E-state index contributed by atoms with van der Waals surface area (Å²) in [7, 11) is 0. The molecule has 0 saturated carbocycles. The molecule has 3 nitrogen and oxygen atoms in total. The van der Waals surface area contributed by atoms with Gasteiger partial charge in [0, 0.05) is 19.3 Å². The van der Waals surface area contributed by atoms with Crippen LogP contribution in [0.3, 0.4) is 0 Å². The first-order chi connectivity index (χ1) is 9.81. The van der Waals surface area contributed by atoms with E-state index in [4.69, 9.17) is 0 Å². The number of carbonyl (C=O) groups is 1. The van der Waals surface area contributed by atoms with Gasteiger partial charge in [-0.05, 0) is 36.4 Å². The number of aromatic nitrogens is 1. The molecule has 0 N–H and O–H groups in total. The number of aldehydes is 1. The Morgan fingerprint density at radius 3 is 2.67 bits per heavy atom. The lowest BCUT2D eigenvalue weighted by Crippen LogP contribution is -2.37. The monoisotopic (exact) mass is 300 g/mol. The Morgan fingerprint density at radius 1 is 1.38 bits per heavy atom. The zero-order valence-electron chi connectivity index (χ0n) is 12.2. The lowest BCUT2D eigenvalue weighted by atomic mass is 9.88. The van der Waals surface area contributed by atoms with Gasteiger partial charge < -0.3 is 0 Å². The fourth-order valence-electron chi connectivity index (χ4n) is 2.68. The summed E-state index contributed by atoms with van der Waals surface area (Å²) in [6, 6.07) is 1.04.